The third-order valence-corrected chi connectivity index (χ3v) is 3.63. The van der Waals surface area contributed by atoms with Gasteiger partial charge in [-0.05, 0) is 38.8 Å². The van der Waals surface area contributed by atoms with Crippen LogP contribution in [0.3, 0.4) is 0 Å². The number of likely N-dealkylation sites (tertiary alicyclic amines) is 1. The first-order valence-corrected chi connectivity index (χ1v) is 7.14. The van der Waals surface area contributed by atoms with Gasteiger partial charge < -0.3 is 16.0 Å². The number of carbonyl (C=O) groups is 1. The number of hydrogen-bond acceptors (Lipinski definition) is 3. The molecule has 0 aliphatic carbocycles. The molecule has 0 radical (unpaired) electrons. The number of thiocarbonyl (C=S) groups is 1. The fraction of sp³-hybridized carbons (Fsp3) is 0.846. The second-order valence-electron chi connectivity index (χ2n) is 5.54. The van der Waals surface area contributed by atoms with Gasteiger partial charge >= 0.3 is 0 Å². The number of nitrogens with two attached hydrogens (primary N) is 1. The first kappa shape index (κ1) is 15.4. The molecule has 5 heteroatoms. The van der Waals surface area contributed by atoms with Crippen LogP contribution in [0.5, 0.6) is 0 Å². The van der Waals surface area contributed by atoms with Crippen molar-refractivity contribution in [2.75, 3.05) is 19.6 Å². The second-order valence-corrected chi connectivity index (χ2v) is 6.01. The van der Waals surface area contributed by atoms with Gasteiger partial charge in [-0.15, -0.1) is 0 Å². The number of hydrogen-bond donors (Lipinski definition) is 2. The Morgan fingerprint density at radius 3 is 2.33 bits per heavy atom. The van der Waals surface area contributed by atoms with E-state index < -0.39 is 0 Å². The van der Waals surface area contributed by atoms with E-state index in [4.69, 9.17) is 18.0 Å². The van der Waals surface area contributed by atoms with Crippen LogP contribution in [0.1, 0.15) is 33.6 Å². The molecule has 1 saturated heterocycles. The summed E-state index contributed by atoms with van der Waals surface area (Å²) in [5, 5.41) is 3.02. The van der Waals surface area contributed by atoms with Crippen molar-refractivity contribution in [2.24, 2.45) is 17.6 Å². The van der Waals surface area contributed by atoms with Crippen LogP contribution in [-0.2, 0) is 4.79 Å². The van der Waals surface area contributed by atoms with Crippen molar-refractivity contribution < 1.29 is 4.79 Å². The maximum Gasteiger partial charge on any atom is 0.230 e. The van der Waals surface area contributed by atoms with Crippen molar-refractivity contribution >= 4 is 23.1 Å². The van der Waals surface area contributed by atoms with Crippen molar-refractivity contribution in [1.82, 2.24) is 10.2 Å². The maximum absolute atomic E-state index is 12.1. The summed E-state index contributed by atoms with van der Waals surface area (Å²) in [6.45, 7) is 9.16. The zero-order chi connectivity index (χ0) is 13.7. The Morgan fingerprint density at radius 1 is 1.33 bits per heavy atom. The summed E-state index contributed by atoms with van der Waals surface area (Å²) in [5.74, 6) is -0.258. The van der Waals surface area contributed by atoms with Gasteiger partial charge in [0, 0.05) is 12.6 Å². The van der Waals surface area contributed by atoms with Crippen molar-refractivity contribution in [1.29, 1.82) is 0 Å². The van der Waals surface area contributed by atoms with Gasteiger partial charge in [-0.3, -0.25) is 4.79 Å². The zero-order valence-corrected chi connectivity index (χ0v) is 12.4. The van der Waals surface area contributed by atoms with Gasteiger partial charge in [0.1, 0.15) is 0 Å². The Kier molecular flexibility index (Phi) is 6.02. The van der Waals surface area contributed by atoms with Gasteiger partial charge in [0.2, 0.25) is 5.91 Å². The van der Waals surface area contributed by atoms with E-state index in [-0.39, 0.29) is 28.8 Å². The molecule has 18 heavy (non-hydrogen) atoms. The van der Waals surface area contributed by atoms with E-state index in [2.05, 4.69) is 10.2 Å². The molecule has 0 aromatic carbocycles. The molecule has 0 aromatic rings. The van der Waals surface area contributed by atoms with Crippen LogP contribution in [-0.4, -0.2) is 41.5 Å². The van der Waals surface area contributed by atoms with E-state index in [0.717, 1.165) is 19.6 Å². The number of nitrogens with zero attached hydrogens (tertiary/aromatic N) is 1. The fourth-order valence-corrected chi connectivity index (χ4v) is 2.87. The molecule has 4 nitrogen and oxygen atoms in total. The van der Waals surface area contributed by atoms with E-state index in [1.165, 1.54) is 12.8 Å². The average Bonchev–Trinajstić information content (AvgIpc) is 2.67. The molecule has 1 aliphatic heterocycles. The minimum absolute atomic E-state index is 0.0378. The van der Waals surface area contributed by atoms with Crippen molar-refractivity contribution in [3.05, 3.63) is 0 Å². The molecule has 0 bridgehead atoms. The van der Waals surface area contributed by atoms with E-state index in [1.54, 1.807) is 0 Å². The van der Waals surface area contributed by atoms with Gasteiger partial charge in [-0.1, -0.05) is 26.1 Å². The van der Waals surface area contributed by atoms with Crippen molar-refractivity contribution in [3.8, 4) is 0 Å². The maximum atomic E-state index is 12.1. The molecule has 104 valence electrons. The molecule has 0 saturated carbocycles. The van der Waals surface area contributed by atoms with Crippen LogP contribution in [0, 0.1) is 11.8 Å². The lowest BCUT2D eigenvalue weighted by Gasteiger charge is -2.25. The van der Waals surface area contributed by atoms with Crippen LogP contribution in [0.25, 0.3) is 0 Å². The molecular weight excluding hydrogens is 246 g/mol. The van der Waals surface area contributed by atoms with Gasteiger partial charge in [-0.2, -0.15) is 0 Å². The van der Waals surface area contributed by atoms with Gasteiger partial charge in [0.05, 0.1) is 10.9 Å². The van der Waals surface area contributed by atoms with Gasteiger partial charge in [0.25, 0.3) is 0 Å². The highest BCUT2D eigenvalue weighted by Gasteiger charge is 2.26. The number of amides is 1. The minimum atomic E-state index is -0.360. The topological polar surface area (TPSA) is 58.4 Å². The van der Waals surface area contributed by atoms with Gasteiger partial charge in [0.15, 0.2) is 0 Å². The highest BCUT2D eigenvalue weighted by Crippen LogP contribution is 2.12. The molecule has 0 aromatic heterocycles. The normalized spacial score (nSPS) is 19.8. The second kappa shape index (κ2) is 7.04. The Balaban J connectivity index is 2.43. The summed E-state index contributed by atoms with van der Waals surface area (Å²) < 4.78 is 0. The standard InChI is InChI=1S/C13H25N3OS/c1-9(2)11(12(14)18)13(17)15-10(3)8-16-6-4-5-7-16/h9-11H,4-8H2,1-3H3,(H2,14,18)(H,15,17). The van der Waals surface area contributed by atoms with Crippen LogP contribution < -0.4 is 11.1 Å². The van der Waals surface area contributed by atoms with E-state index >= 15 is 0 Å². The fourth-order valence-electron chi connectivity index (χ4n) is 2.49. The molecule has 0 spiro atoms. The monoisotopic (exact) mass is 271 g/mol. The summed E-state index contributed by atoms with van der Waals surface area (Å²) in [5.41, 5.74) is 5.64. The highest BCUT2D eigenvalue weighted by molar-refractivity contribution is 7.80. The molecule has 1 fully saturated rings. The number of carbonyl (C=O) groups excluding carboxylic acids is 1. The summed E-state index contributed by atoms with van der Waals surface area (Å²) in [6, 6.07) is 0.145. The summed E-state index contributed by atoms with van der Waals surface area (Å²) >= 11 is 4.97. The molecule has 1 amide bonds. The summed E-state index contributed by atoms with van der Waals surface area (Å²) in [4.78, 5) is 14.8. The number of nitrogens with one attached hydrogen (secondary N) is 1. The third-order valence-electron chi connectivity index (χ3n) is 3.38. The quantitative estimate of drug-likeness (QED) is 0.712. The lowest BCUT2D eigenvalue weighted by atomic mass is 9.94. The number of rotatable bonds is 6. The Labute approximate surface area is 115 Å². The smallest absolute Gasteiger partial charge is 0.230 e. The predicted molar refractivity (Wildman–Crippen MR) is 78.4 cm³/mol. The molecule has 1 heterocycles. The predicted octanol–water partition coefficient (Wildman–Crippen LogP) is 1.15. The highest BCUT2D eigenvalue weighted by atomic mass is 32.1. The molecular formula is C13H25N3OS. The summed E-state index contributed by atoms with van der Waals surface area (Å²) in [6.07, 6.45) is 2.53. The zero-order valence-electron chi connectivity index (χ0n) is 11.6. The lowest BCUT2D eigenvalue weighted by molar-refractivity contribution is -0.124. The Bertz CT molecular complexity index is 301. The van der Waals surface area contributed by atoms with Crippen LogP contribution in [0.2, 0.25) is 0 Å². The largest absolute Gasteiger partial charge is 0.393 e. The SMILES string of the molecule is CC(CN1CCCC1)NC(=O)C(C(N)=S)C(C)C. The molecule has 2 unspecified atom stereocenters. The van der Waals surface area contributed by atoms with Crippen LogP contribution >= 0.6 is 12.2 Å². The lowest BCUT2D eigenvalue weighted by Crippen LogP contribution is -2.47. The van der Waals surface area contributed by atoms with Crippen LogP contribution in [0.15, 0.2) is 0 Å². The first-order valence-electron chi connectivity index (χ1n) is 6.74. The van der Waals surface area contributed by atoms with E-state index in [1.807, 2.05) is 20.8 Å². The Hall–Kier alpha value is -0.680. The molecule has 1 rings (SSSR count). The van der Waals surface area contributed by atoms with Crippen molar-refractivity contribution in [3.63, 3.8) is 0 Å². The first-order chi connectivity index (χ1) is 8.41. The van der Waals surface area contributed by atoms with Gasteiger partial charge in [-0.25, -0.2) is 0 Å². The average molecular weight is 271 g/mol. The molecule has 1 aliphatic rings. The minimum Gasteiger partial charge on any atom is -0.393 e. The summed E-state index contributed by atoms with van der Waals surface area (Å²) in [7, 11) is 0. The molecule has 3 N–H and O–H groups in total. The van der Waals surface area contributed by atoms with Crippen LogP contribution in [0.4, 0.5) is 0 Å². The van der Waals surface area contributed by atoms with Crippen molar-refractivity contribution in [2.45, 2.75) is 39.7 Å². The third kappa shape index (κ3) is 4.53. The Morgan fingerprint density at radius 2 is 1.89 bits per heavy atom. The van der Waals surface area contributed by atoms with E-state index in [0.29, 0.717) is 0 Å². The van der Waals surface area contributed by atoms with E-state index in [9.17, 15) is 4.79 Å². The molecule has 2 atom stereocenters.